The van der Waals surface area contributed by atoms with Crippen LogP contribution < -0.4 is 4.90 Å². The van der Waals surface area contributed by atoms with Crippen molar-refractivity contribution in [3.8, 4) is 0 Å². The van der Waals surface area contributed by atoms with E-state index in [4.69, 9.17) is 11.6 Å². The van der Waals surface area contributed by atoms with E-state index in [1.54, 1.807) is 4.90 Å². The molecule has 1 aromatic rings. The average Bonchev–Trinajstić information content (AvgIpc) is 2.67. The first-order valence-corrected chi connectivity index (χ1v) is 6.12. The molecule has 1 aromatic heterocycles. The summed E-state index contributed by atoms with van der Waals surface area (Å²) in [5.41, 5.74) is -0.604. The fourth-order valence-corrected chi connectivity index (χ4v) is 2.80. The van der Waals surface area contributed by atoms with Gasteiger partial charge in [-0.25, -0.2) is 18.7 Å². The summed E-state index contributed by atoms with van der Waals surface area (Å²) in [6.07, 6.45) is 1.15. The van der Waals surface area contributed by atoms with Gasteiger partial charge in [0.05, 0.1) is 18.0 Å². The number of alkyl halides is 4. The first-order valence-electron chi connectivity index (χ1n) is 5.75. The molecule has 3 nitrogen and oxygen atoms in total. The molecule has 0 N–H and O–H groups in total. The standard InChI is InChI=1S/C11H10ClF4N3/c1-10(13,14)8-9(12)18-7(2-17-8)19-3-5-6(4-19)11(5,15)16/h2,5-6H,3-4H2,1H3. The highest BCUT2D eigenvalue weighted by molar-refractivity contribution is 6.30. The second-order valence-corrected chi connectivity index (χ2v) is 5.41. The van der Waals surface area contributed by atoms with Crippen molar-refractivity contribution >= 4 is 17.4 Å². The lowest BCUT2D eigenvalue weighted by molar-refractivity contribution is 0.0125. The van der Waals surface area contributed by atoms with Crippen molar-refractivity contribution in [3.05, 3.63) is 17.0 Å². The van der Waals surface area contributed by atoms with Crippen LogP contribution in [0.15, 0.2) is 6.20 Å². The summed E-state index contributed by atoms with van der Waals surface area (Å²) in [7, 11) is 0. The van der Waals surface area contributed by atoms with Crippen molar-refractivity contribution < 1.29 is 17.6 Å². The largest absolute Gasteiger partial charge is 0.354 e. The smallest absolute Gasteiger partial charge is 0.290 e. The molecule has 0 bridgehead atoms. The van der Waals surface area contributed by atoms with Crippen LogP contribution in [-0.4, -0.2) is 29.0 Å². The topological polar surface area (TPSA) is 29.0 Å². The van der Waals surface area contributed by atoms with Gasteiger partial charge in [-0.2, -0.15) is 8.78 Å². The van der Waals surface area contributed by atoms with Crippen molar-refractivity contribution in [2.45, 2.75) is 18.8 Å². The predicted molar refractivity (Wildman–Crippen MR) is 60.8 cm³/mol. The third kappa shape index (κ3) is 1.94. The lowest BCUT2D eigenvalue weighted by Crippen LogP contribution is -2.28. The van der Waals surface area contributed by atoms with Crippen LogP contribution in [0.4, 0.5) is 23.4 Å². The number of fused-ring (bicyclic) bond motifs is 1. The van der Waals surface area contributed by atoms with E-state index in [1.165, 1.54) is 0 Å². The second-order valence-electron chi connectivity index (χ2n) is 5.05. The van der Waals surface area contributed by atoms with Crippen LogP contribution in [0.1, 0.15) is 12.6 Å². The van der Waals surface area contributed by atoms with Crippen molar-refractivity contribution in [1.82, 2.24) is 9.97 Å². The Kier molecular flexibility index (Phi) is 2.52. The fraction of sp³-hybridized carbons (Fsp3) is 0.636. The molecule has 1 saturated heterocycles. The summed E-state index contributed by atoms with van der Waals surface area (Å²) in [5, 5.41) is -0.391. The summed E-state index contributed by atoms with van der Waals surface area (Å²) in [6, 6.07) is 0. The molecule has 8 heteroatoms. The third-order valence-corrected chi connectivity index (χ3v) is 3.92. The van der Waals surface area contributed by atoms with Gasteiger partial charge >= 0.3 is 0 Å². The normalized spacial score (nSPS) is 28.4. The molecule has 2 atom stereocenters. The number of halogens is 5. The van der Waals surface area contributed by atoms with Crippen LogP contribution in [0, 0.1) is 11.8 Å². The first-order chi connectivity index (χ1) is 8.71. The Morgan fingerprint density at radius 1 is 1.37 bits per heavy atom. The minimum Gasteiger partial charge on any atom is -0.354 e. The molecule has 1 aliphatic carbocycles. The summed E-state index contributed by atoms with van der Waals surface area (Å²) in [4.78, 5) is 9.03. The van der Waals surface area contributed by atoms with Gasteiger partial charge in [-0.15, -0.1) is 0 Å². The summed E-state index contributed by atoms with van der Waals surface area (Å²) in [5.74, 6) is -6.84. The maximum Gasteiger partial charge on any atom is 0.290 e. The van der Waals surface area contributed by atoms with Gasteiger partial charge in [0.15, 0.2) is 5.15 Å². The molecule has 0 amide bonds. The Hall–Kier alpha value is -1.11. The fourth-order valence-electron chi connectivity index (χ4n) is 2.50. The minimum atomic E-state index is -3.18. The number of rotatable bonds is 2. The van der Waals surface area contributed by atoms with E-state index in [0.29, 0.717) is 6.92 Å². The Balaban J connectivity index is 1.80. The van der Waals surface area contributed by atoms with Crippen LogP contribution in [0.2, 0.25) is 5.15 Å². The highest BCUT2D eigenvalue weighted by Crippen LogP contribution is 2.59. The van der Waals surface area contributed by atoms with Gasteiger partial charge in [-0.3, -0.25) is 0 Å². The van der Waals surface area contributed by atoms with Gasteiger partial charge < -0.3 is 4.90 Å². The molecule has 19 heavy (non-hydrogen) atoms. The van der Waals surface area contributed by atoms with Crippen LogP contribution in [0.3, 0.4) is 0 Å². The van der Waals surface area contributed by atoms with Gasteiger partial charge in [0.2, 0.25) is 0 Å². The molecule has 0 spiro atoms. The number of hydrogen-bond acceptors (Lipinski definition) is 3. The lowest BCUT2D eigenvalue weighted by atomic mass is 10.3. The Morgan fingerprint density at radius 2 is 1.95 bits per heavy atom. The average molecular weight is 296 g/mol. The molecule has 2 fully saturated rings. The Morgan fingerprint density at radius 3 is 2.42 bits per heavy atom. The van der Waals surface area contributed by atoms with E-state index >= 15 is 0 Å². The number of hydrogen-bond donors (Lipinski definition) is 0. The number of nitrogens with zero attached hydrogens (tertiary/aromatic N) is 3. The maximum absolute atomic E-state index is 13.1. The van der Waals surface area contributed by atoms with E-state index in [9.17, 15) is 17.6 Å². The van der Waals surface area contributed by atoms with Crippen LogP contribution in [-0.2, 0) is 5.92 Å². The van der Waals surface area contributed by atoms with E-state index in [1.807, 2.05) is 0 Å². The van der Waals surface area contributed by atoms with Gasteiger partial charge in [-0.1, -0.05) is 11.6 Å². The quantitative estimate of drug-likeness (QED) is 0.786. The summed E-state index contributed by atoms with van der Waals surface area (Å²) in [6.45, 7) is 0.989. The van der Waals surface area contributed by atoms with E-state index in [-0.39, 0.29) is 18.9 Å². The highest BCUT2D eigenvalue weighted by atomic mass is 35.5. The first kappa shape index (κ1) is 12.9. The highest BCUT2D eigenvalue weighted by Gasteiger charge is 2.71. The lowest BCUT2D eigenvalue weighted by Gasteiger charge is -2.21. The molecular weight excluding hydrogens is 286 g/mol. The SMILES string of the molecule is CC(F)(F)c1ncc(N2CC3C(C2)C3(F)F)nc1Cl. The zero-order valence-corrected chi connectivity index (χ0v) is 10.6. The van der Waals surface area contributed by atoms with Gasteiger partial charge in [0.1, 0.15) is 11.5 Å². The maximum atomic E-state index is 13.1. The van der Waals surface area contributed by atoms with Crippen LogP contribution in [0.5, 0.6) is 0 Å². The molecule has 3 rings (SSSR count). The van der Waals surface area contributed by atoms with Crippen LogP contribution >= 0.6 is 11.6 Å². The Labute approximate surface area is 111 Å². The molecule has 0 aromatic carbocycles. The zero-order chi connectivity index (χ0) is 14.0. The molecule has 2 heterocycles. The summed E-state index contributed by atoms with van der Waals surface area (Å²) < 4.78 is 52.3. The zero-order valence-electron chi connectivity index (χ0n) is 9.88. The predicted octanol–water partition coefficient (Wildman–Crippen LogP) is 2.94. The molecular formula is C11H10ClF4N3. The minimum absolute atomic E-state index is 0.157. The van der Waals surface area contributed by atoms with E-state index < -0.39 is 34.5 Å². The van der Waals surface area contributed by atoms with E-state index in [0.717, 1.165) is 6.20 Å². The van der Waals surface area contributed by atoms with Gasteiger partial charge in [0, 0.05) is 20.0 Å². The van der Waals surface area contributed by atoms with E-state index in [2.05, 4.69) is 9.97 Å². The molecule has 2 aliphatic rings. The molecule has 104 valence electrons. The summed E-state index contributed by atoms with van der Waals surface area (Å²) >= 11 is 5.67. The second kappa shape index (κ2) is 3.71. The third-order valence-electron chi connectivity index (χ3n) is 3.66. The van der Waals surface area contributed by atoms with Crippen molar-refractivity contribution in [3.63, 3.8) is 0 Å². The number of anilines is 1. The molecule has 1 aliphatic heterocycles. The molecule has 0 radical (unpaired) electrons. The monoisotopic (exact) mass is 295 g/mol. The van der Waals surface area contributed by atoms with Crippen LogP contribution in [0.25, 0.3) is 0 Å². The van der Waals surface area contributed by atoms with Crippen molar-refractivity contribution in [2.24, 2.45) is 11.8 Å². The molecule has 1 saturated carbocycles. The number of piperidine rings is 1. The Bertz CT molecular complexity index is 517. The van der Waals surface area contributed by atoms with Gasteiger partial charge in [-0.05, 0) is 0 Å². The number of aromatic nitrogens is 2. The van der Waals surface area contributed by atoms with Crippen molar-refractivity contribution in [1.29, 1.82) is 0 Å². The van der Waals surface area contributed by atoms with Gasteiger partial charge in [0.25, 0.3) is 11.8 Å². The molecule has 2 unspecified atom stereocenters. The van der Waals surface area contributed by atoms with Crippen molar-refractivity contribution in [2.75, 3.05) is 18.0 Å².